The summed E-state index contributed by atoms with van der Waals surface area (Å²) in [5, 5.41) is 10.5. The van der Waals surface area contributed by atoms with Crippen LogP contribution in [0.3, 0.4) is 0 Å². The zero-order valence-corrected chi connectivity index (χ0v) is 17.4. The minimum atomic E-state index is -1.07. The van der Waals surface area contributed by atoms with E-state index < -0.39 is 24.6 Å². The van der Waals surface area contributed by atoms with E-state index in [1.165, 1.54) is 0 Å². The fraction of sp³-hybridized carbons (Fsp3) is 0.308. The van der Waals surface area contributed by atoms with Crippen LogP contribution in [0.5, 0.6) is 0 Å². The van der Waals surface area contributed by atoms with Crippen LogP contribution >= 0.6 is 0 Å². The predicted molar refractivity (Wildman–Crippen MR) is 117 cm³/mol. The molecule has 3 aromatic rings. The van der Waals surface area contributed by atoms with Crippen molar-refractivity contribution in [2.75, 3.05) is 6.61 Å². The highest BCUT2D eigenvalue weighted by molar-refractivity contribution is 5.15. The third-order valence-corrected chi connectivity index (χ3v) is 5.25. The molecule has 0 amide bonds. The summed E-state index contributed by atoms with van der Waals surface area (Å²) >= 11 is 0. The van der Waals surface area contributed by atoms with E-state index in [1.54, 1.807) is 0 Å². The van der Waals surface area contributed by atoms with Crippen molar-refractivity contribution >= 4 is 0 Å². The van der Waals surface area contributed by atoms with Crippen LogP contribution in [0.1, 0.15) is 16.7 Å². The van der Waals surface area contributed by atoms with Gasteiger partial charge in [-0.3, -0.25) is 0 Å². The van der Waals surface area contributed by atoms with E-state index in [1.807, 2.05) is 91.0 Å². The molecule has 0 unspecified atom stereocenters. The van der Waals surface area contributed by atoms with E-state index in [9.17, 15) is 5.11 Å². The van der Waals surface area contributed by atoms with Gasteiger partial charge in [0.05, 0.1) is 26.4 Å². The largest absolute Gasteiger partial charge is 0.374 e. The molecule has 5 nitrogen and oxygen atoms in total. The minimum Gasteiger partial charge on any atom is -0.374 e. The first-order valence-electron chi connectivity index (χ1n) is 10.6. The van der Waals surface area contributed by atoms with Gasteiger partial charge in [-0.05, 0) is 16.7 Å². The number of hydrogen-bond donors (Lipinski definition) is 1. The molecular formula is C26H28O5. The van der Waals surface area contributed by atoms with Gasteiger partial charge in [-0.25, -0.2) is 0 Å². The topological polar surface area (TPSA) is 57.2 Å². The lowest BCUT2D eigenvalue weighted by molar-refractivity contribution is -0.153. The Morgan fingerprint density at radius 1 is 0.613 bits per heavy atom. The van der Waals surface area contributed by atoms with Crippen LogP contribution in [0.25, 0.3) is 0 Å². The number of benzene rings is 3. The highest BCUT2D eigenvalue weighted by Crippen LogP contribution is 2.28. The number of aliphatic hydroxyl groups is 1. The first-order chi connectivity index (χ1) is 15.3. The second-order valence-corrected chi connectivity index (χ2v) is 7.59. The Balaban J connectivity index is 1.39. The molecule has 1 N–H and O–H groups in total. The van der Waals surface area contributed by atoms with E-state index in [-0.39, 0.29) is 0 Å². The molecule has 162 valence electrons. The summed E-state index contributed by atoms with van der Waals surface area (Å²) in [6, 6.07) is 29.8. The Morgan fingerprint density at radius 2 is 1.06 bits per heavy atom. The minimum absolute atomic E-state index is 0.302. The van der Waals surface area contributed by atoms with Crippen LogP contribution in [-0.4, -0.2) is 36.3 Å². The van der Waals surface area contributed by atoms with Crippen molar-refractivity contribution in [2.24, 2.45) is 0 Å². The molecule has 1 fully saturated rings. The van der Waals surface area contributed by atoms with Gasteiger partial charge in [0.2, 0.25) is 0 Å². The van der Waals surface area contributed by atoms with Crippen LogP contribution in [-0.2, 0) is 38.8 Å². The summed E-state index contributed by atoms with van der Waals surface area (Å²) in [4.78, 5) is 0. The van der Waals surface area contributed by atoms with Gasteiger partial charge in [-0.2, -0.15) is 0 Å². The average molecular weight is 421 g/mol. The number of ether oxygens (including phenoxy) is 4. The van der Waals surface area contributed by atoms with E-state index in [0.717, 1.165) is 16.7 Å². The van der Waals surface area contributed by atoms with Crippen molar-refractivity contribution in [2.45, 2.75) is 44.4 Å². The van der Waals surface area contributed by atoms with Crippen molar-refractivity contribution < 1.29 is 24.1 Å². The summed E-state index contributed by atoms with van der Waals surface area (Å²) in [6.45, 7) is 1.55. The van der Waals surface area contributed by atoms with Gasteiger partial charge in [0, 0.05) is 0 Å². The van der Waals surface area contributed by atoms with Gasteiger partial charge in [0.1, 0.15) is 18.3 Å². The van der Waals surface area contributed by atoms with Crippen LogP contribution in [0.4, 0.5) is 0 Å². The molecule has 0 aliphatic carbocycles. The first kappa shape index (κ1) is 21.7. The SMILES string of the molecule is O[C@@H]1O[C@H](COCc2ccccc2)[C@H](OCc2ccccc2)[C@H]1OCc1ccccc1. The molecule has 1 heterocycles. The van der Waals surface area contributed by atoms with Crippen molar-refractivity contribution in [1.82, 2.24) is 0 Å². The Kier molecular flexibility index (Phi) is 7.82. The van der Waals surface area contributed by atoms with E-state index in [0.29, 0.717) is 26.4 Å². The molecule has 0 bridgehead atoms. The molecule has 4 rings (SSSR count). The molecular weight excluding hydrogens is 392 g/mol. The second kappa shape index (κ2) is 11.2. The molecule has 4 atom stereocenters. The van der Waals surface area contributed by atoms with Gasteiger partial charge in [-0.15, -0.1) is 0 Å². The van der Waals surface area contributed by atoms with Crippen molar-refractivity contribution in [3.63, 3.8) is 0 Å². The lowest BCUT2D eigenvalue weighted by Gasteiger charge is -2.24. The van der Waals surface area contributed by atoms with Gasteiger partial charge < -0.3 is 24.1 Å². The normalized spacial score (nSPS) is 23.1. The molecule has 0 aromatic heterocycles. The highest BCUT2D eigenvalue weighted by Gasteiger charge is 2.45. The summed E-state index contributed by atoms with van der Waals surface area (Å²) in [6.07, 6.45) is -2.55. The van der Waals surface area contributed by atoms with Crippen LogP contribution < -0.4 is 0 Å². The molecule has 0 radical (unpaired) electrons. The number of aliphatic hydroxyl groups excluding tert-OH is 1. The third-order valence-electron chi connectivity index (χ3n) is 5.25. The fourth-order valence-electron chi connectivity index (χ4n) is 3.62. The fourth-order valence-corrected chi connectivity index (χ4v) is 3.62. The average Bonchev–Trinajstić information content (AvgIpc) is 3.12. The lowest BCUT2D eigenvalue weighted by atomic mass is 10.1. The van der Waals surface area contributed by atoms with Crippen LogP contribution in [0.2, 0.25) is 0 Å². The summed E-state index contributed by atoms with van der Waals surface area (Å²) in [7, 11) is 0. The maximum atomic E-state index is 10.5. The van der Waals surface area contributed by atoms with Gasteiger partial charge in [0.15, 0.2) is 6.29 Å². The van der Waals surface area contributed by atoms with Crippen LogP contribution in [0.15, 0.2) is 91.0 Å². The monoisotopic (exact) mass is 420 g/mol. The van der Waals surface area contributed by atoms with E-state index in [4.69, 9.17) is 18.9 Å². The summed E-state index contributed by atoms with van der Waals surface area (Å²) < 4.78 is 23.9. The molecule has 1 saturated heterocycles. The smallest absolute Gasteiger partial charge is 0.184 e. The Labute approximate surface area is 183 Å². The number of rotatable bonds is 10. The Hall–Kier alpha value is -2.54. The third kappa shape index (κ3) is 6.23. The zero-order chi connectivity index (χ0) is 21.3. The molecule has 1 aliphatic heterocycles. The van der Waals surface area contributed by atoms with Gasteiger partial charge in [-0.1, -0.05) is 91.0 Å². The highest BCUT2D eigenvalue weighted by atomic mass is 16.7. The summed E-state index contributed by atoms with van der Waals surface area (Å²) in [5.41, 5.74) is 3.16. The molecule has 0 saturated carbocycles. The second-order valence-electron chi connectivity index (χ2n) is 7.59. The van der Waals surface area contributed by atoms with E-state index in [2.05, 4.69) is 0 Å². The standard InChI is InChI=1S/C26H28O5/c27-26-25(30-18-22-14-8-3-9-15-22)24(29-17-21-12-6-2-7-13-21)23(31-26)19-28-16-20-10-4-1-5-11-20/h1-15,23-27H,16-19H2/t23-,24+,25-,26-/m1/s1. The molecule has 5 heteroatoms. The molecule has 31 heavy (non-hydrogen) atoms. The van der Waals surface area contributed by atoms with Gasteiger partial charge in [0.25, 0.3) is 0 Å². The molecule has 3 aromatic carbocycles. The first-order valence-corrected chi connectivity index (χ1v) is 10.6. The Bertz CT molecular complexity index is 887. The van der Waals surface area contributed by atoms with Crippen molar-refractivity contribution in [3.05, 3.63) is 108 Å². The zero-order valence-electron chi connectivity index (χ0n) is 17.4. The quantitative estimate of drug-likeness (QED) is 0.535. The van der Waals surface area contributed by atoms with E-state index >= 15 is 0 Å². The lowest BCUT2D eigenvalue weighted by Crippen LogP contribution is -2.39. The van der Waals surface area contributed by atoms with Crippen molar-refractivity contribution in [1.29, 1.82) is 0 Å². The number of hydrogen-bond acceptors (Lipinski definition) is 5. The predicted octanol–water partition coefficient (Wildman–Crippen LogP) is 4.09. The maximum Gasteiger partial charge on any atom is 0.184 e. The maximum absolute atomic E-state index is 10.5. The molecule has 1 aliphatic rings. The Morgan fingerprint density at radius 3 is 1.58 bits per heavy atom. The summed E-state index contributed by atoms with van der Waals surface area (Å²) in [5.74, 6) is 0. The molecule has 0 spiro atoms. The van der Waals surface area contributed by atoms with Crippen molar-refractivity contribution in [3.8, 4) is 0 Å². The van der Waals surface area contributed by atoms with Crippen LogP contribution in [0, 0.1) is 0 Å². The van der Waals surface area contributed by atoms with Gasteiger partial charge >= 0.3 is 0 Å².